The van der Waals surface area contributed by atoms with Crippen molar-refractivity contribution in [1.29, 1.82) is 0 Å². The van der Waals surface area contributed by atoms with E-state index in [2.05, 4.69) is 19.2 Å². The topological polar surface area (TPSA) is 21.3 Å². The van der Waals surface area contributed by atoms with Gasteiger partial charge in [0.2, 0.25) is 0 Å². The molecular formula is C13H18ClNO. The van der Waals surface area contributed by atoms with E-state index in [1.54, 1.807) is 0 Å². The Morgan fingerprint density at radius 1 is 1.44 bits per heavy atom. The third-order valence-corrected chi connectivity index (χ3v) is 3.51. The predicted octanol–water partition coefficient (Wildman–Crippen LogP) is 3.47. The van der Waals surface area contributed by atoms with Crippen LogP contribution in [0.5, 0.6) is 5.75 Å². The highest BCUT2D eigenvalue weighted by Crippen LogP contribution is 2.44. The number of hydrogen-bond acceptors (Lipinski definition) is 2. The molecule has 16 heavy (non-hydrogen) atoms. The molecule has 2 unspecified atom stereocenters. The Labute approximate surface area is 102 Å². The molecular weight excluding hydrogens is 222 g/mol. The zero-order valence-electron chi connectivity index (χ0n) is 10.0. The number of fused-ring (bicyclic) bond motifs is 1. The van der Waals surface area contributed by atoms with Gasteiger partial charge in [-0.3, -0.25) is 0 Å². The van der Waals surface area contributed by atoms with Gasteiger partial charge in [0.1, 0.15) is 11.9 Å². The number of likely N-dealkylation sites (N-methyl/N-ethyl adjacent to an activating group) is 1. The molecule has 0 amide bonds. The van der Waals surface area contributed by atoms with Crippen molar-refractivity contribution < 1.29 is 4.74 Å². The highest BCUT2D eigenvalue weighted by molar-refractivity contribution is 6.31. The average molecular weight is 240 g/mol. The molecule has 88 valence electrons. The number of nitrogens with one attached hydrogen (secondary N) is 1. The lowest BCUT2D eigenvalue weighted by Gasteiger charge is -2.17. The van der Waals surface area contributed by atoms with Crippen molar-refractivity contribution in [3.05, 3.63) is 28.3 Å². The number of hydrogen-bond donors (Lipinski definition) is 1. The molecule has 0 bridgehead atoms. The minimum atomic E-state index is 0.212. The Hall–Kier alpha value is -0.730. The summed E-state index contributed by atoms with van der Waals surface area (Å²) < 4.78 is 6.02. The summed E-state index contributed by atoms with van der Waals surface area (Å²) in [6.45, 7) is 4.24. The van der Waals surface area contributed by atoms with Crippen LogP contribution in [0.3, 0.4) is 0 Å². The third-order valence-electron chi connectivity index (χ3n) is 3.18. The first-order chi connectivity index (χ1) is 7.69. The van der Waals surface area contributed by atoms with Crippen molar-refractivity contribution in [3.63, 3.8) is 0 Å². The van der Waals surface area contributed by atoms with Crippen LogP contribution < -0.4 is 10.1 Å². The quantitative estimate of drug-likeness (QED) is 0.872. The van der Waals surface area contributed by atoms with Crippen molar-refractivity contribution in [2.75, 3.05) is 7.05 Å². The first-order valence-electron chi connectivity index (χ1n) is 5.82. The summed E-state index contributed by atoms with van der Waals surface area (Å²) in [6.07, 6.45) is 2.38. The highest BCUT2D eigenvalue weighted by Gasteiger charge is 2.35. The summed E-state index contributed by atoms with van der Waals surface area (Å²) in [4.78, 5) is 0. The van der Waals surface area contributed by atoms with Gasteiger partial charge in [0.15, 0.2) is 0 Å². The van der Waals surface area contributed by atoms with Crippen molar-refractivity contribution in [2.24, 2.45) is 0 Å². The first-order valence-corrected chi connectivity index (χ1v) is 6.19. The molecule has 0 spiro atoms. The van der Waals surface area contributed by atoms with Gasteiger partial charge in [0.25, 0.3) is 0 Å². The lowest BCUT2D eigenvalue weighted by Crippen LogP contribution is -2.28. The van der Waals surface area contributed by atoms with Gasteiger partial charge >= 0.3 is 0 Å². The van der Waals surface area contributed by atoms with Gasteiger partial charge in [-0.15, -0.1) is 0 Å². The molecule has 0 saturated carbocycles. The van der Waals surface area contributed by atoms with E-state index < -0.39 is 0 Å². The van der Waals surface area contributed by atoms with Crippen LogP contribution in [0.25, 0.3) is 0 Å². The van der Waals surface area contributed by atoms with Gasteiger partial charge in [-0.1, -0.05) is 31.0 Å². The van der Waals surface area contributed by atoms with Gasteiger partial charge in [-0.05, 0) is 32.0 Å². The summed E-state index contributed by atoms with van der Waals surface area (Å²) in [5, 5.41) is 4.12. The zero-order chi connectivity index (χ0) is 11.7. The van der Waals surface area contributed by atoms with Crippen LogP contribution in [-0.2, 0) is 0 Å². The molecule has 0 radical (unpaired) electrons. The second-order valence-corrected chi connectivity index (χ2v) is 4.73. The van der Waals surface area contributed by atoms with E-state index in [4.69, 9.17) is 16.3 Å². The second-order valence-electron chi connectivity index (χ2n) is 4.32. The van der Waals surface area contributed by atoms with E-state index in [1.165, 1.54) is 5.56 Å². The fraction of sp³-hybridized carbons (Fsp3) is 0.538. The van der Waals surface area contributed by atoms with Crippen molar-refractivity contribution in [1.82, 2.24) is 5.32 Å². The van der Waals surface area contributed by atoms with Crippen LogP contribution in [0.1, 0.15) is 36.9 Å². The molecule has 2 rings (SSSR count). The number of aryl methyl sites for hydroxylation is 1. The molecule has 1 aliphatic heterocycles. The lowest BCUT2D eigenvalue weighted by atomic mass is 9.99. The molecule has 2 atom stereocenters. The highest BCUT2D eigenvalue weighted by atomic mass is 35.5. The molecule has 2 nitrogen and oxygen atoms in total. The summed E-state index contributed by atoms with van der Waals surface area (Å²) in [7, 11) is 1.96. The Balaban J connectivity index is 2.42. The van der Waals surface area contributed by atoms with Crippen LogP contribution in [0.4, 0.5) is 0 Å². The van der Waals surface area contributed by atoms with Crippen LogP contribution in [0, 0.1) is 6.92 Å². The van der Waals surface area contributed by atoms with E-state index in [1.807, 2.05) is 19.2 Å². The minimum Gasteiger partial charge on any atom is -0.488 e. The molecule has 3 heteroatoms. The molecule has 1 heterocycles. The molecule has 0 fully saturated rings. The average Bonchev–Trinajstić information content (AvgIpc) is 2.64. The fourth-order valence-electron chi connectivity index (χ4n) is 2.38. The maximum atomic E-state index is 6.26. The van der Waals surface area contributed by atoms with Crippen LogP contribution >= 0.6 is 11.6 Å². The van der Waals surface area contributed by atoms with Gasteiger partial charge in [-0.25, -0.2) is 0 Å². The lowest BCUT2D eigenvalue weighted by molar-refractivity contribution is 0.181. The number of ether oxygens (including phenoxy) is 1. The van der Waals surface area contributed by atoms with E-state index in [-0.39, 0.29) is 12.1 Å². The number of halogens is 1. The maximum absolute atomic E-state index is 6.26. The van der Waals surface area contributed by atoms with E-state index in [0.717, 1.165) is 29.2 Å². The Kier molecular flexibility index (Phi) is 3.41. The normalized spacial score (nSPS) is 23.0. The zero-order valence-corrected chi connectivity index (χ0v) is 10.8. The number of benzene rings is 1. The molecule has 0 saturated heterocycles. The summed E-state index contributed by atoms with van der Waals surface area (Å²) >= 11 is 6.26. The first kappa shape index (κ1) is 11.7. The van der Waals surface area contributed by atoms with Crippen LogP contribution in [0.2, 0.25) is 5.02 Å². The predicted molar refractivity (Wildman–Crippen MR) is 67.3 cm³/mol. The Morgan fingerprint density at radius 2 is 2.19 bits per heavy atom. The van der Waals surface area contributed by atoms with Crippen LogP contribution in [0.15, 0.2) is 12.1 Å². The minimum absolute atomic E-state index is 0.212. The summed E-state index contributed by atoms with van der Waals surface area (Å²) in [5.41, 5.74) is 2.29. The van der Waals surface area contributed by atoms with E-state index in [9.17, 15) is 0 Å². The molecule has 1 aliphatic rings. The molecule has 1 N–H and O–H groups in total. The van der Waals surface area contributed by atoms with Crippen molar-refractivity contribution >= 4 is 11.6 Å². The fourth-order valence-corrected chi connectivity index (χ4v) is 2.64. The van der Waals surface area contributed by atoms with Gasteiger partial charge in [0.05, 0.1) is 6.04 Å². The van der Waals surface area contributed by atoms with Crippen LogP contribution in [-0.4, -0.2) is 13.2 Å². The largest absolute Gasteiger partial charge is 0.488 e. The molecule has 1 aromatic rings. The standard InChI is InChI=1S/C13H18ClNO/c1-4-5-10-12(15-3)11-9(14)7-6-8(2)13(11)16-10/h6-7,10,12,15H,4-5H2,1-3H3. The smallest absolute Gasteiger partial charge is 0.129 e. The molecule has 0 aliphatic carbocycles. The number of rotatable bonds is 3. The van der Waals surface area contributed by atoms with E-state index in [0.29, 0.717) is 0 Å². The molecule has 1 aromatic carbocycles. The Morgan fingerprint density at radius 3 is 2.81 bits per heavy atom. The Bertz CT molecular complexity index is 392. The maximum Gasteiger partial charge on any atom is 0.129 e. The van der Waals surface area contributed by atoms with E-state index >= 15 is 0 Å². The summed E-state index contributed by atoms with van der Waals surface area (Å²) in [5.74, 6) is 0.977. The van der Waals surface area contributed by atoms with Gasteiger partial charge in [-0.2, -0.15) is 0 Å². The van der Waals surface area contributed by atoms with Gasteiger partial charge < -0.3 is 10.1 Å². The summed E-state index contributed by atoms with van der Waals surface area (Å²) in [6, 6.07) is 4.20. The van der Waals surface area contributed by atoms with Crippen molar-refractivity contribution in [3.8, 4) is 5.75 Å². The second kappa shape index (κ2) is 4.64. The SMILES string of the molecule is CCCC1Oc2c(C)ccc(Cl)c2C1NC. The van der Waals surface area contributed by atoms with Gasteiger partial charge in [0, 0.05) is 10.6 Å². The third kappa shape index (κ3) is 1.80. The monoisotopic (exact) mass is 239 g/mol. The molecule has 0 aromatic heterocycles. The van der Waals surface area contributed by atoms with Crippen molar-refractivity contribution in [2.45, 2.75) is 38.8 Å².